The van der Waals surface area contributed by atoms with Gasteiger partial charge < -0.3 is 10.0 Å². The molecule has 0 spiro atoms. The van der Waals surface area contributed by atoms with Gasteiger partial charge in [0.1, 0.15) is 0 Å². The van der Waals surface area contributed by atoms with Crippen LogP contribution in [0, 0.1) is 5.92 Å². The van der Waals surface area contributed by atoms with Crippen LogP contribution in [0.3, 0.4) is 0 Å². The molecule has 20 heavy (non-hydrogen) atoms. The van der Waals surface area contributed by atoms with Crippen LogP contribution in [0.25, 0.3) is 0 Å². The zero-order valence-electron chi connectivity index (χ0n) is 12.1. The summed E-state index contributed by atoms with van der Waals surface area (Å²) in [5, 5.41) is 9.34. The van der Waals surface area contributed by atoms with Crippen molar-refractivity contribution in [1.82, 2.24) is 0 Å². The number of fused-ring (bicyclic) bond motifs is 1. The lowest BCUT2D eigenvalue weighted by Crippen LogP contribution is -2.39. The van der Waals surface area contributed by atoms with Gasteiger partial charge in [-0.3, -0.25) is 0 Å². The Morgan fingerprint density at radius 1 is 1.40 bits per heavy atom. The Hall–Kier alpha value is -1.51. The summed E-state index contributed by atoms with van der Waals surface area (Å²) in [5.74, 6) is 0.0911. The van der Waals surface area contributed by atoms with E-state index in [-0.39, 0.29) is 0 Å². The maximum Gasteiger partial charge on any atom is 0.336 e. The van der Waals surface area contributed by atoms with E-state index in [0.717, 1.165) is 36.6 Å². The van der Waals surface area contributed by atoms with E-state index in [4.69, 9.17) is 0 Å². The maximum absolute atomic E-state index is 11.4. The first kappa shape index (κ1) is 13.5. The molecule has 1 atom stereocenters. The number of carboxylic acid groups (broad SMARTS) is 1. The van der Waals surface area contributed by atoms with E-state index in [9.17, 15) is 9.90 Å². The Kier molecular flexibility index (Phi) is 3.68. The van der Waals surface area contributed by atoms with Crippen molar-refractivity contribution < 1.29 is 9.90 Å². The van der Waals surface area contributed by atoms with Crippen LogP contribution in [0.1, 0.15) is 54.9 Å². The Bertz CT molecular complexity index is 508. The van der Waals surface area contributed by atoms with Crippen LogP contribution >= 0.6 is 0 Å². The van der Waals surface area contributed by atoms with Gasteiger partial charge in [-0.2, -0.15) is 0 Å². The Morgan fingerprint density at radius 2 is 2.20 bits per heavy atom. The standard InChI is InChI=1S/C17H23NO2/c1-12(11-13-5-2-6-13)18-10-4-8-14-15(17(19)20)7-3-9-16(14)18/h3,7,9,12-13H,2,4-6,8,10-11H2,1H3,(H,19,20). The van der Waals surface area contributed by atoms with Crippen molar-refractivity contribution in [3.8, 4) is 0 Å². The van der Waals surface area contributed by atoms with E-state index < -0.39 is 5.97 Å². The molecular formula is C17H23NO2. The molecule has 0 bridgehead atoms. The summed E-state index contributed by atoms with van der Waals surface area (Å²) in [6, 6.07) is 6.24. The van der Waals surface area contributed by atoms with Gasteiger partial charge in [0, 0.05) is 18.3 Å². The first-order valence-corrected chi connectivity index (χ1v) is 7.78. The predicted octanol–water partition coefficient (Wildman–Crippen LogP) is 3.72. The number of rotatable bonds is 4. The second-order valence-electron chi connectivity index (χ2n) is 6.29. The van der Waals surface area contributed by atoms with E-state index in [0.29, 0.717) is 11.6 Å². The summed E-state index contributed by atoms with van der Waals surface area (Å²) >= 11 is 0. The molecule has 1 N–H and O–H groups in total. The van der Waals surface area contributed by atoms with Gasteiger partial charge in [-0.05, 0) is 49.8 Å². The van der Waals surface area contributed by atoms with E-state index in [1.165, 1.54) is 25.7 Å². The first-order chi connectivity index (χ1) is 9.66. The van der Waals surface area contributed by atoms with Crippen LogP contribution in [0.5, 0.6) is 0 Å². The Balaban J connectivity index is 1.85. The molecular weight excluding hydrogens is 250 g/mol. The molecule has 1 saturated carbocycles. The molecule has 1 fully saturated rings. The van der Waals surface area contributed by atoms with Crippen LogP contribution in [0.2, 0.25) is 0 Å². The van der Waals surface area contributed by atoms with Crippen LogP contribution in [-0.4, -0.2) is 23.7 Å². The summed E-state index contributed by atoms with van der Waals surface area (Å²) in [6.07, 6.45) is 7.34. The molecule has 3 rings (SSSR count). The van der Waals surface area contributed by atoms with Crippen molar-refractivity contribution in [2.75, 3.05) is 11.4 Å². The zero-order valence-corrected chi connectivity index (χ0v) is 12.1. The second-order valence-corrected chi connectivity index (χ2v) is 6.29. The van der Waals surface area contributed by atoms with E-state index in [1.807, 2.05) is 6.07 Å². The molecule has 108 valence electrons. The van der Waals surface area contributed by atoms with E-state index >= 15 is 0 Å². The van der Waals surface area contributed by atoms with Crippen molar-refractivity contribution in [2.24, 2.45) is 5.92 Å². The molecule has 1 aromatic carbocycles. The van der Waals surface area contributed by atoms with Crippen LogP contribution in [-0.2, 0) is 6.42 Å². The molecule has 3 heteroatoms. The highest BCUT2D eigenvalue weighted by atomic mass is 16.4. The second kappa shape index (κ2) is 5.47. The van der Waals surface area contributed by atoms with Crippen LogP contribution in [0.15, 0.2) is 18.2 Å². The molecule has 1 heterocycles. The van der Waals surface area contributed by atoms with Crippen molar-refractivity contribution in [2.45, 2.75) is 51.5 Å². The van der Waals surface area contributed by atoms with Gasteiger partial charge >= 0.3 is 5.97 Å². The fraction of sp³-hybridized carbons (Fsp3) is 0.588. The summed E-state index contributed by atoms with van der Waals surface area (Å²) in [5.41, 5.74) is 2.68. The number of aromatic carboxylic acids is 1. The van der Waals surface area contributed by atoms with Crippen LogP contribution in [0.4, 0.5) is 5.69 Å². The number of benzene rings is 1. The quantitative estimate of drug-likeness (QED) is 0.909. The van der Waals surface area contributed by atoms with Gasteiger partial charge in [0.15, 0.2) is 0 Å². The monoisotopic (exact) mass is 273 g/mol. The third-order valence-electron chi connectivity index (χ3n) is 4.95. The summed E-state index contributed by atoms with van der Waals surface area (Å²) in [7, 11) is 0. The highest BCUT2D eigenvalue weighted by Gasteiger charge is 2.28. The van der Waals surface area contributed by atoms with Crippen molar-refractivity contribution in [1.29, 1.82) is 0 Å². The van der Waals surface area contributed by atoms with Gasteiger partial charge in [-0.1, -0.05) is 25.3 Å². The third-order valence-corrected chi connectivity index (χ3v) is 4.95. The molecule has 3 nitrogen and oxygen atoms in total. The number of hydrogen-bond acceptors (Lipinski definition) is 2. The molecule has 1 aromatic rings. The zero-order chi connectivity index (χ0) is 14.1. The maximum atomic E-state index is 11.4. The lowest BCUT2D eigenvalue weighted by molar-refractivity contribution is 0.0695. The Morgan fingerprint density at radius 3 is 2.85 bits per heavy atom. The number of nitrogens with zero attached hydrogens (tertiary/aromatic N) is 1. The minimum atomic E-state index is -0.796. The summed E-state index contributed by atoms with van der Waals surface area (Å²) in [4.78, 5) is 13.8. The molecule has 2 aliphatic rings. The van der Waals surface area contributed by atoms with Crippen molar-refractivity contribution in [3.63, 3.8) is 0 Å². The first-order valence-electron chi connectivity index (χ1n) is 7.78. The molecule has 1 aliphatic carbocycles. The minimum Gasteiger partial charge on any atom is -0.478 e. The van der Waals surface area contributed by atoms with Gasteiger partial charge in [0.2, 0.25) is 0 Å². The van der Waals surface area contributed by atoms with Gasteiger partial charge in [0.25, 0.3) is 0 Å². The largest absolute Gasteiger partial charge is 0.478 e. The molecule has 0 aromatic heterocycles. The molecule has 0 saturated heterocycles. The number of carbonyl (C=O) groups is 1. The highest BCUT2D eigenvalue weighted by molar-refractivity contribution is 5.91. The summed E-state index contributed by atoms with van der Waals surface area (Å²) in [6.45, 7) is 3.35. The van der Waals surface area contributed by atoms with Crippen molar-refractivity contribution in [3.05, 3.63) is 29.3 Å². The average Bonchev–Trinajstić information content (AvgIpc) is 2.41. The normalized spacial score (nSPS) is 20.1. The SMILES string of the molecule is CC(CC1CCC1)N1CCCc2c(C(=O)O)cccc21. The fourth-order valence-electron chi connectivity index (χ4n) is 3.65. The lowest BCUT2D eigenvalue weighted by Gasteiger charge is -2.39. The number of hydrogen-bond donors (Lipinski definition) is 1. The van der Waals surface area contributed by atoms with E-state index in [2.05, 4.69) is 17.9 Å². The van der Waals surface area contributed by atoms with E-state index in [1.54, 1.807) is 6.07 Å². The van der Waals surface area contributed by atoms with Crippen molar-refractivity contribution >= 4 is 11.7 Å². The average molecular weight is 273 g/mol. The van der Waals surface area contributed by atoms with Gasteiger partial charge in [-0.25, -0.2) is 4.79 Å². The summed E-state index contributed by atoms with van der Waals surface area (Å²) < 4.78 is 0. The molecule has 1 aliphatic heterocycles. The molecule has 1 unspecified atom stereocenters. The lowest BCUT2D eigenvalue weighted by atomic mass is 9.80. The molecule has 0 amide bonds. The predicted molar refractivity (Wildman–Crippen MR) is 80.5 cm³/mol. The third kappa shape index (κ3) is 2.41. The fourth-order valence-corrected chi connectivity index (χ4v) is 3.65. The van der Waals surface area contributed by atoms with Gasteiger partial charge in [-0.15, -0.1) is 0 Å². The topological polar surface area (TPSA) is 40.5 Å². The minimum absolute atomic E-state index is 0.489. The molecule has 0 radical (unpaired) electrons. The Labute approximate surface area is 120 Å². The van der Waals surface area contributed by atoms with Gasteiger partial charge in [0.05, 0.1) is 5.56 Å². The highest BCUT2D eigenvalue weighted by Crippen LogP contribution is 2.36. The van der Waals surface area contributed by atoms with Crippen LogP contribution < -0.4 is 4.90 Å². The number of anilines is 1. The smallest absolute Gasteiger partial charge is 0.336 e. The number of carboxylic acids is 1.